The smallest absolute Gasteiger partial charge is 0.336 e. The van der Waals surface area contributed by atoms with Gasteiger partial charge < -0.3 is 4.90 Å². The maximum atomic E-state index is 13.3. The van der Waals surface area contributed by atoms with Crippen LogP contribution in [0.5, 0.6) is 0 Å². The minimum Gasteiger partial charge on any atom is -0.336 e. The monoisotopic (exact) mass is 440 g/mol. The molecule has 166 valence electrons. The van der Waals surface area contributed by atoms with Gasteiger partial charge in [0.15, 0.2) is 0 Å². The second-order valence-electron chi connectivity index (χ2n) is 7.91. The number of carbonyl (C=O) groups is 1. The van der Waals surface area contributed by atoms with Crippen LogP contribution >= 0.6 is 0 Å². The van der Waals surface area contributed by atoms with Gasteiger partial charge in [0, 0.05) is 13.6 Å². The molecule has 0 unspecified atom stereocenters. The molecular formula is C26H24N4O3. The summed E-state index contributed by atoms with van der Waals surface area (Å²) in [5, 5.41) is 4.23. The van der Waals surface area contributed by atoms with Crippen LogP contribution in [-0.4, -0.2) is 32.2 Å². The van der Waals surface area contributed by atoms with Crippen LogP contribution in [0.15, 0.2) is 94.5 Å². The third kappa shape index (κ3) is 4.82. The van der Waals surface area contributed by atoms with Gasteiger partial charge in [0.05, 0.1) is 12.2 Å². The van der Waals surface area contributed by atoms with E-state index in [-0.39, 0.29) is 12.2 Å². The highest BCUT2D eigenvalue weighted by Crippen LogP contribution is 2.09. The fraction of sp³-hybridized carbons (Fsp3) is 0.154. The zero-order chi connectivity index (χ0) is 23.4. The Kier molecular flexibility index (Phi) is 6.31. The maximum Gasteiger partial charge on any atom is 0.352 e. The van der Waals surface area contributed by atoms with Crippen molar-refractivity contribution >= 4 is 5.91 Å². The van der Waals surface area contributed by atoms with Crippen molar-refractivity contribution in [2.45, 2.75) is 20.0 Å². The Labute approximate surface area is 191 Å². The highest BCUT2D eigenvalue weighted by Gasteiger charge is 2.23. The van der Waals surface area contributed by atoms with E-state index in [4.69, 9.17) is 0 Å². The summed E-state index contributed by atoms with van der Waals surface area (Å²) in [7, 11) is 1.61. The molecule has 4 aromatic rings. The van der Waals surface area contributed by atoms with Crippen molar-refractivity contribution in [1.82, 2.24) is 19.2 Å². The van der Waals surface area contributed by atoms with Crippen LogP contribution < -0.4 is 11.2 Å². The van der Waals surface area contributed by atoms with Gasteiger partial charge >= 0.3 is 5.69 Å². The first-order valence-corrected chi connectivity index (χ1v) is 10.6. The molecule has 1 aromatic heterocycles. The van der Waals surface area contributed by atoms with Crippen molar-refractivity contribution in [3.05, 3.63) is 128 Å². The summed E-state index contributed by atoms with van der Waals surface area (Å²) >= 11 is 0. The second-order valence-corrected chi connectivity index (χ2v) is 7.91. The Hall–Kier alpha value is -4.26. The summed E-state index contributed by atoms with van der Waals surface area (Å²) in [6.45, 7) is 2.24. The number of hydrogen-bond donors (Lipinski definition) is 0. The van der Waals surface area contributed by atoms with Crippen LogP contribution in [-0.2, 0) is 13.1 Å². The average Bonchev–Trinajstić information content (AvgIpc) is 2.83. The minimum absolute atomic E-state index is 0.0372. The van der Waals surface area contributed by atoms with Crippen LogP contribution in [0.3, 0.4) is 0 Å². The molecule has 4 rings (SSSR count). The maximum absolute atomic E-state index is 13.3. The normalized spacial score (nSPS) is 10.7. The van der Waals surface area contributed by atoms with Gasteiger partial charge in [0.2, 0.25) is 5.69 Å². The standard InChI is InChI=1S/C26H24N4O3/c1-19-10-9-15-22(16-19)30-26(33)29(18-21-13-7-4-8-14-21)25(32)23(27-30)24(31)28(2)17-20-11-5-3-6-12-20/h3-16H,17-18H2,1-2H3. The van der Waals surface area contributed by atoms with Gasteiger partial charge in [-0.05, 0) is 35.7 Å². The van der Waals surface area contributed by atoms with Crippen molar-refractivity contribution in [2.75, 3.05) is 7.05 Å². The summed E-state index contributed by atoms with van der Waals surface area (Å²) < 4.78 is 2.19. The Balaban J connectivity index is 1.82. The summed E-state index contributed by atoms with van der Waals surface area (Å²) in [5.74, 6) is -0.549. The van der Waals surface area contributed by atoms with Crippen LogP contribution in [0.25, 0.3) is 5.69 Å². The molecule has 0 spiro atoms. The molecule has 1 heterocycles. The summed E-state index contributed by atoms with van der Waals surface area (Å²) in [5.41, 5.74) is 1.50. The fourth-order valence-electron chi connectivity index (χ4n) is 3.59. The van der Waals surface area contributed by atoms with E-state index in [1.54, 1.807) is 25.2 Å². The highest BCUT2D eigenvalue weighted by atomic mass is 16.2. The van der Waals surface area contributed by atoms with Crippen molar-refractivity contribution < 1.29 is 4.79 Å². The van der Waals surface area contributed by atoms with E-state index >= 15 is 0 Å². The largest absolute Gasteiger partial charge is 0.352 e. The Morgan fingerprint density at radius 2 is 1.52 bits per heavy atom. The molecule has 3 aromatic carbocycles. The van der Waals surface area contributed by atoms with Crippen molar-refractivity contribution in [1.29, 1.82) is 0 Å². The highest BCUT2D eigenvalue weighted by molar-refractivity contribution is 5.91. The number of aryl methyl sites for hydroxylation is 1. The average molecular weight is 441 g/mol. The van der Waals surface area contributed by atoms with Crippen LogP contribution in [0.2, 0.25) is 0 Å². The topological polar surface area (TPSA) is 77.2 Å². The summed E-state index contributed by atoms with van der Waals surface area (Å²) in [6.07, 6.45) is 0. The van der Waals surface area contributed by atoms with Gasteiger partial charge in [0.25, 0.3) is 11.5 Å². The lowest BCUT2D eigenvalue weighted by Crippen LogP contribution is -2.46. The number of rotatable bonds is 6. The molecule has 0 aliphatic carbocycles. The van der Waals surface area contributed by atoms with E-state index in [1.165, 1.54) is 4.90 Å². The summed E-state index contributed by atoms with van der Waals surface area (Å²) in [6, 6.07) is 25.9. The lowest BCUT2D eigenvalue weighted by atomic mass is 10.2. The molecular weight excluding hydrogens is 416 g/mol. The van der Waals surface area contributed by atoms with E-state index in [2.05, 4.69) is 5.10 Å². The Bertz CT molecular complexity index is 1390. The van der Waals surface area contributed by atoms with Gasteiger partial charge in [-0.2, -0.15) is 9.78 Å². The molecule has 33 heavy (non-hydrogen) atoms. The Morgan fingerprint density at radius 1 is 0.879 bits per heavy atom. The van der Waals surface area contributed by atoms with E-state index in [0.29, 0.717) is 12.2 Å². The van der Waals surface area contributed by atoms with E-state index < -0.39 is 17.2 Å². The van der Waals surface area contributed by atoms with Gasteiger partial charge in [-0.25, -0.2) is 4.79 Å². The van der Waals surface area contributed by atoms with Gasteiger partial charge in [-0.15, -0.1) is 0 Å². The van der Waals surface area contributed by atoms with Crippen LogP contribution in [0.4, 0.5) is 0 Å². The zero-order valence-corrected chi connectivity index (χ0v) is 18.5. The SMILES string of the molecule is Cc1cccc(-n2nc(C(=O)N(C)Cc3ccccc3)c(=O)n(Cc3ccccc3)c2=O)c1. The first kappa shape index (κ1) is 22.0. The van der Waals surface area contributed by atoms with E-state index in [0.717, 1.165) is 25.9 Å². The number of carbonyl (C=O) groups excluding carboxylic acids is 1. The predicted octanol–water partition coefficient (Wildman–Crippen LogP) is 3.02. The van der Waals surface area contributed by atoms with E-state index in [9.17, 15) is 14.4 Å². The number of hydrogen-bond acceptors (Lipinski definition) is 4. The molecule has 7 heteroatoms. The first-order chi connectivity index (χ1) is 15.9. The van der Waals surface area contributed by atoms with Crippen molar-refractivity contribution in [3.63, 3.8) is 0 Å². The number of aromatic nitrogens is 3. The fourth-order valence-corrected chi connectivity index (χ4v) is 3.59. The van der Waals surface area contributed by atoms with Gasteiger partial charge in [0.1, 0.15) is 0 Å². The molecule has 7 nitrogen and oxygen atoms in total. The molecule has 1 amide bonds. The van der Waals surface area contributed by atoms with Gasteiger partial charge in [-0.3, -0.25) is 14.2 Å². The molecule has 0 fully saturated rings. The van der Waals surface area contributed by atoms with Crippen molar-refractivity contribution in [2.24, 2.45) is 0 Å². The first-order valence-electron chi connectivity index (χ1n) is 10.6. The molecule has 0 saturated carbocycles. The van der Waals surface area contributed by atoms with E-state index in [1.807, 2.05) is 73.7 Å². The molecule has 0 aliphatic rings. The number of nitrogens with zero attached hydrogens (tertiary/aromatic N) is 4. The van der Waals surface area contributed by atoms with Crippen LogP contribution in [0, 0.1) is 6.92 Å². The quantitative estimate of drug-likeness (QED) is 0.462. The van der Waals surface area contributed by atoms with Crippen LogP contribution in [0.1, 0.15) is 27.2 Å². The number of amides is 1. The molecule has 0 bridgehead atoms. The molecule has 0 N–H and O–H groups in total. The second kappa shape index (κ2) is 9.48. The van der Waals surface area contributed by atoms with Gasteiger partial charge in [-0.1, -0.05) is 72.8 Å². The lowest BCUT2D eigenvalue weighted by Gasteiger charge is -2.18. The predicted molar refractivity (Wildman–Crippen MR) is 127 cm³/mol. The van der Waals surface area contributed by atoms with Crippen molar-refractivity contribution in [3.8, 4) is 5.69 Å². The molecule has 0 atom stereocenters. The lowest BCUT2D eigenvalue weighted by molar-refractivity contribution is 0.0773. The third-order valence-corrected chi connectivity index (χ3v) is 5.30. The Morgan fingerprint density at radius 3 is 2.15 bits per heavy atom. The number of benzene rings is 3. The third-order valence-electron chi connectivity index (χ3n) is 5.30. The molecule has 0 saturated heterocycles. The summed E-state index contributed by atoms with van der Waals surface area (Å²) in [4.78, 5) is 41.3. The minimum atomic E-state index is -0.710. The molecule has 0 aliphatic heterocycles. The molecule has 0 radical (unpaired) electrons. The zero-order valence-electron chi connectivity index (χ0n) is 18.5.